The average molecular weight is 408 g/mol. The van der Waals surface area contributed by atoms with Gasteiger partial charge in [-0.1, -0.05) is 33.6 Å². The van der Waals surface area contributed by atoms with E-state index in [2.05, 4.69) is 20.9 Å². The van der Waals surface area contributed by atoms with Crippen molar-refractivity contribution in [2.24, 2.45) is 0 Å². The molecule has 0 bridgehead atoms. The maximum absolute atomic E-state index is 12.2. The monoisotopic (exact) mass is 406 g/mol. The normalized spacial score (nSPS) is 10.8. The molecular weight excluding hydrogens is 396 g/mol. The van der Waals surface area contributed by atoms with Gasteiger partial charge in [0.25, 0.3) is 5.56 Å². The summed E-state index contributed by atoms with van der Waals surface area (Å²) < 4.78 is 7.41. The molecule has 0 aliphatic carbocycles. The number of hydrogen-bond donors (Lipinski definition) is 0. The summed E-state index contributed by atoms with van der Waals surface area (Å²) >= 11 is 9.29. The van der Waals surface area contributed by atoms with Crippen LogP contribution < -0.4 is 5.56 Å². The van der Waals surface area contributed by atoms with Crippen LogP contribution in [0.25, 0.3) is 5.65 Å². The lowest BCUT2D eigenvalue weighted by Gasteiger charge is -2.08. The van der Waals surface area contributed by atoms with E-state index in [9.17, 15) is 9.59 Å². The summed E-state index contributed by atoms with van der Waals surface area (Å²) in [4.78, 5) is 28.7. The molecule has 0 spiro atoms. The van der Waals surface area contributed by atoms with E-state index < -0.39 is 5.97 Å². The van der Waals surface area contributed by atoms with Crippen molar-refractivity contribution in [2.45, 2.75) is 13.5 Å². The van der Waals surface area contributed by atoms with E-state index >= 15 is 0 Å². The fraction of sp³-hybridized carbons (Fsp3) is 0.118. The molecule has 0 amide bonds. The molecule has 122 valence electrons. The van der Waals surface area contributed by atoms with E-state index in [1.165, 1.54) is 10.5 Å². The summed E-state index contributed by atoms with van der Waals surface area (Å²) in [6.45, 7) is 1.75. The van der Waals surface area contributed by atoms with E-state index in [1.54, 1.807) is 30.5 Å². The van der Waals surface area contributed by atoms with Gasteiger partial charge < -0.3 is 4.74 Å². The van der Waals surface area contributed by atoms with Crippen molar-refractivity contribution >= 4 is 39.1 Å². The van der Waals surface area contributed by atoms with Crippen molar-refractivity contribution in [3.05, 3.63) is 79.3 Å². The molecule has 3 aromatic rings. The highest BCUT2D eigenvalue weighted by atomic mass is 79.9. The highest BCUT2D eigenvalue weighted by molar-refractivity contribution is 9.10. The molecule has 0 radical (unpaired) electrons. The van der Waals surface area contributed by atoms with E-state index in [0.29, 0.717) is 16.4 Å². The lowest BCUT2D eigenvalue weighted by Crippen LogP contribution is -2.17. The molecule has 2 heterocycles. The number of benzene rings is 1. The van der Waals surface area contributed by atoms with Gasteiger partial charge in [-0.15, -0.1) is 0 Å². The van der Waals surface area contributed by atoms with Gasteiger partial charge in [0, 0.05) is 16.7 Å². The molecule has 0 saturated heterocycles. The zero-order valence-electron chi connectivity index (χ0n) is 12.6. The highest BCUT2D eigenvalue weighted by Gasteiger charge is 2.13. The van der Waals surface area contributed by atoms with E-state index in [-0.39, 0.29) is 17.7 Å². The van der Waals surface area contributed by atoms with Crippen molar-refractivity contribution in [2.75, 3.05) is 0 Å². The third kappa shape index (κ3) is 3.34. The number of rotatable bonds is 3. The van der Waals surface area contributed by atoms with E-state index in [0.717, 1.165) is 10.0 Å². The molecule has 0 N–H and O–H groups in total. The summed E-state index contributed by atoms with van der Waals surface area (Å²) in [6, 6.07) is 9.90. The molecule has 5 nitrogen and oxygen atoms in total. The van der Waals surface area contributed by atoms with Crippen molar-refractivity contribution in [3.8, 4) is 0 Å². The number of aryl methyl sites for hydroxylation is 1. The minimum absolute atomic E-state index is 0.109. The number of aromatic nitrogens is 2. The molecule has 2 aromatic heterocycles. The van der Waals surface area contributed by atoms with Crippen molar-refractivity contribution in [3.63, 3.8) is 0 Å². The smallest absolute Gasteiger partial charge is 0.340 e. The fourth-order valence-corrected chi connectivity index (χ4v) is 2.81. The van der Waals surface area contributed by atoms with Gasteiger partial charge in [0.1, 0.15) is 12.3 Å². The van der Waals surface area contributed by atoms with Crippen LogP contribution in [0.4, 0.5) is 0 Å². The molecule has 0 aliphatic heterocycles. The number of carbonyl (C=O) groups excluding carboxylic acids is 1. The molecule has 0 saturated carbocycles. The van der Waals surface area contributed by atoms with E-state index in [1.807, 2.05) is 13.0 Å². The number of esters is 1. The largest absolute Gasteiger partial charge is 0.456 e. The molecule has 0 atom stereocenters. The Kier molecular flexibility index (Phi) is 4.69. The van der Waals surface area contributed by atoms with Crippen LogP contribution in [-0.4, -0.2) is 15.4 Å². The third-order valence-electron chi connectivity index (χ3n) is 3.44. The SMILES string of the molecule is Cc1cccn2c(=O)cc(COC(=O)c3cc(Br)ccc3Cl)nc12. The van der Waals surface area contributed by atoms with Crippen LogP contribution in [0.1, 0.15) is 21.6 Å². The van der Waals surface area contributed by atoms with Crippen LogP contribution in [0.3, 0.4) is 0 Å². The first-order valence-electron chi connectivity index (χ1n) is 7.06. The van der Waals surface area contributed by atoms with Crippen molar-refractivity contribution in [1.29, 1.82) is 0 Å². The Morgan fingerprint density at radius 1 is 1.33 bits per heavy atom. The van der Waals surface area contributed by atoms with Gasteiger partial charge in [-0.3, -0.25) is 9.20 Å². The van der Waals surface area contributed by atoms with Gasteiger partial charge in [-0.25, -0.2) is 9.78 Å². The van der Waals surface area contributed by atoms with Crippen LogP contribution in [0, 0.1) is 6.92 Å². The number of nitrogens with zero attached hydrogens (tertiary/aromatic N) is 2. The van der Waals surface area contributed by atoms with Gasteiger partial charge in [-0.05, 0) is 36.8 Å². The lowest BCUT2D eigenvalue weighted by molar-refractivity contribution is 0.0468. The number of carbonyl (C=O) groups is 1. The number of hydrogen-bond acceptors (Lipinski definition) is 4. The molecule has 1 aromatic carbocycles. The summed E-state index contributed by atoms with van der Waals surface area (Å²) in [5.41, 5.74) is 1.80. The second-order valence-electron chi connectivity index (χ2n) is 5.17. The predicted octanol–water partition coefficient (Wildman–Crippen LogP) is 3.78. The molecule has 0 fully saturated rings. The third-order valence-corrected chi connectivity index (χ3v) is 4.26. The Balaban J connectivity index is 1.86. The van der Waals surface area contributed by atoms with Gasteiger partial charge >= 0.3 is 5.97 Å². The maximum Gasteiger partial charge on any atom is 0.340 e. The zero-order chi connectivity index (χ0) is 17.3. The summed E-state index contributed by atoms with van der Waals surface area (Å²) in [5, 5.41) is 0.297. The Bertz CT molecular complexity index is 1000. The molecule has 7 heteroatoms. The minimum Gasteiger partial charge on any atom is -0.456 e. The van der Waals surface area contributed by atoms with Crippen LogP contribution in [0.15, 0.2) is 51.9 Å². The predicted molar refractivity (Wildman–Crippen MR) is 94.5 cm³/mol. The minimum atomic E-state index is -0.576. The first-order chi connectivity index (χ1) is 11.5. The zero-order valence-corrected chi connectivity index (χ0v) is 15.0. The van der Waals surface area contributed by atoms with Gasteiger partial charge in [-0.2, -0.15) is 0 Å². The number of fused-ring (bicyclic) bond motifs is 1. The Labute approximate surface area is 151 Å². The van der Waals surface area contributed by atoms with Gasteiger partial charge in [0.05, 0.1) is 16.3 Å². The fourth-order valence-electron chi connectivity index (χ4n) is 2.25. The molecule has 24 heavy (non-hydrogen) atoms. The molecule has 0 unspecified atom stereocenters. The van der Waals surface area contributed by atoms with Crippen LogP contribution in [-0.2, 0) is 11.3 Å². The molecule has 0 aliphatic rings. The first kappa shape index (κ1) is 16.7. The summed E-state index contributed by atoms with van der Waals surface area (Å²) in [5.74, 6) is -0.576. The summed E-state index contributed by atoms with van der Waals surface area (Å²) in [7, 11) is 0. The van der Waals surface area contributed by atoms with Crippen LogP contribution in [0.5, 0.6) is 0 Å². The maximum atomic E-state index is 12.2. The van der Waals surface area contributed by atoms with Gasteiger partial charge in [0.15, 0.2) is 0 Å². The molecule has 3 rings (SSSR count). The quantitative estimate of drug-likeness (QED) is 0.620. The highest BCUT2D eigenvalue weighted by Crippen LogP contribution is 2.22. The Morgan fingerprint density at radius 3 is 2.92 bits per heavy atom. The van der Waals surface area contributed by atoms with Crippen LogP contribution >= 0.6 is 27.5 Å². The Morgan fingerprint density at radius 2 is 2.12 bits per heavy atom. The number of pyridine rings is 1. The molecular formula is C17H12BrClN2O3. The summed E-state index contributed by atoms with van der Waals surface area (Å²) in [6.07, 6.45) is 1.65. The van der Waals surface area contributed by atoms with Crippen molar-refractivity contribution in [1.82, 2.24) is 9.38 Å². The standard InChI is InChI=1S/C17H12BrClN2O3/c1-10-3-2-6-21-15(22)8-12(20-16(10)21)9-24-17(23)13-7-11(18)4-5-14(13)19/h2-8H,9H2,1H3. The van der Waals surface area contributed by atoms with Crippen molar-refractivity contribution < 1.29 is 9.53 Å². The van der Waals surface area contributed by atoms with E-state index in [4.69, 9.17) is 16.3 Å². The second-order valence-corrected chi connectivity index (χ2v) is 6.49. The van der Waals surface area contributed by atoms with Crippen LogP contribution in [0.2, 0.25) is 5.02 Å². The number of ether oxygens (including phenoxy) is 1. The first-order valence-corrected chi connectivity index (χ1v) is 8.23. The topological polar surface area (TPSA) is 60.7 Å². The average Bonchev–Trinajstić information content (AvgIpc) is 2.56. The Hall–Kier alpha value is -2.18. The number of halogens is 2. The lowest BCUT2D eigenvalue weighted by atomic mass is 10.2. The van der Waals surface area contributed by atoms with Gasteiger partial charge in [0.2, 0.25) is 0 Å². The second kappa shape index (κ2) is 6.75.